The molecule has 0 aliphatic carbocycles. The summed E-state index contributed by atoms with van der Waals surface area (Å²) in [5, 5.41) is 11.1. The fourth-order valence-electron chi connectivity index (χ4n) is 4.71. The molecule has 1 saturated heterocycles. The van der Waals surface area contributed by atoms with Crippen molar-refractivity contribution in [2.75, 3.05) is 18.8 Å². The highest BCUT2D eigenvalue weighted by atomic mass is 16.3. The van der Waals surface area contributed by atoms with Crippen LogP contribution in [-0.4, -0.2) is 63.7 Å². The number of amides is 1. The largest absolute Gasteiger partial charge is 0.388 e. The van der Waals surface area contributed by atoms with Crippen molar-refractivity contribution in [2.45, 2.75) is 44.2 Å². The summed E-state index contributed by atoms with van der Waals surface area (Å²) in [5.41, 5.74) is 8.04. The van der Waals surface area contributed by atoms with Gasteiger partial charge in [-0.3, -0.25) is 4.79 Å². The van der Waals surface area contributed by atoms with Crippen LogP contribution in [0.5, 0.6) is 0 Å². The Morgan fingerprint density at radius 3 is 2.91 bits per heavy atom. The normalized spacial score (nSPS) is 21.2. The Hall–Kier alpha value is -3.53. The number of likely N-dealkylation sites (tertiary alicyclic amines) is 1. The number of rotatable bonds is 5. The van der Waals surface area contributed by atoms with E-state index in [-0.39, 0.29) is 11.9 Å². The zero-order valence-electron chi connectivity index (χ0n) is 18.8. The van der Waals surface area contributed by atoms with Gasteiger partial charge in [-0.1, -0.05) is 12.1 Å². The van der Waals surface area contributed by atoms with E-state index >= 15 is 0 Å². The molecule has 3 N–H and O–H groups in total. The minimum absolute atomic E-state index is 0.0767. The first-order chi connectivity index (χ1) is 15.8. The van der Waals surface area contributed by atoms with Gasteiger partial charge in [-0.05, 0) is 31.9 Å². The third-order valence-corrected chi connectivity index (χ3v) is 6.75. The number of benzene rings is 1. The Bertz CT molecular complexity index is 1320. The molecule has 0 radical (unpaired) electrons. The summed E-state index contributed by atoms with van der Waals surface area (Å²) in [5.74, 6) is 1.35. The fourth-order valence-corrected chi connectivity index (χ4v) is 4.71. The van der Waals surface area contributed by atoms with Crippen molar-refractivity contribution in [2.24, 2.45) is 7.05 Å². The van der Waals surface area contributed by atoms with Crippen LogP contribution in [0.15, 0.2) is 36.9 Å². The van der Waals surface area contributed by atoms with Gasteiger partial charge in [-0.15, -0.1) is 0 Å². The highest BCUT2D eigenvalue weighted by Gasteiger charge is 2.41. The maximum absolute atomic E-state index is 13.0. The molecule has 0 spiro atoms. The number of carbonyl (C=O) groups excluding carboxylic acids is 1. The van der Waals surface area contributed by atoms with E-state index in [1.54, 1.807) is 13.3 Å². The number of aliphatic hydroxyl groups is 1. The van der Waals surface area contributed by atoms with Crippen LogP contribution in [0.2, 0.25) is 0 Å². The van der Waals surface area contributed by atoms with Crippen molar-refractivity contribution in [3.05, 3.63) is 42.7 Å². The Kier molecular flexibility index (Phi) is 5.24. The monoisotopic (exact) mass is 448 g/mol. The molecule has 0 saturated carbocycles. The Labute approximate surface area is 191 Å². The maximum atomic E-state index is 13.0. The quantitative estimate of drug-likeness (QED) is 0.477. The van der Waals surface area contributed by atoms with E-state index in [1.807, 2.05) is 34.7 Å². The first kappa shape index (κ1) is 21.3. The van der Waals surface area contributed by atoms with Gasteiger partial charge in [0.2, 0.25) is 5.91 Å². The van der Waals surface area contributed by atoms with Gasteiger partial charge in [-0.25, -0.2) is 19.9 Å². The molecule has 2 atom stereocenters. The number of anilines is 1. The van der Waals surface area contributed by atoms with Crippen LogP contribution >= 0.6 is 0 Å². The van der Waals surface area contributed by atoms with E-state index in [0.29, 0.717) is 49.3 Å². The topological polar surface area (TPSA) is 128 Å². The van der Waals surface area contributed by atoms with Crippen LogP contribution in [0.3, 0.4) is 0 Å². The fraction of sp³-hybridized carbons (Fsp3) is 0.435. The first-order valence-electron chi connectivity index (χ1n) is 11.2. The average Bonchev–Trinajstić information content (AvgIpc) is 3.36. The third-order valence-electron chi connectivity index (χ3n) is 6.75. The van der Waals surface area contributed by atoms with Crippen molar-refractivity contribution in [1.82, 2.24) is 34.0 Å². The number of imidazole rings is 2. The predicted molar refractivity (Wildman–Crippen MR) is 124 cm³/mol. The summed E-state index contributed by atoms with van der Waals surface area (Å²) in [6, 6.07) is 7.66. The lowest BCUT2D eigenvalue weighted by atomic mass is 9.88. The second-order valence-electron chi connectivity index (χ2n) is 8.98. The number of para-hydroxylation sites is 2. The molecule has 4 heterocycles. The van der Waals surface area contributed by atoms with Crippen molar-refractivity contribution >= 4 is 33.9 Å². The molecule has 1 amide bonds. The Balaban J connectivity index is 1.28. The highest BCUT2D eigenvalue weighted by Crippen LogP contribution is 2.34. The molecule has 0 bridgehead atoms. The summed E-state index contributed by atoms with van der Waals surface area (Å²) in [4.78, 5) is 32.2. The molecular formula is C23H28N8O2. The molecule has 1 aromatic carbocycles. The summed E-state index contributed by atoms with van der Waals surface area (Å²) < 4.78 is 3.90. The number of carbonyl (C=O) groups is 1. The van der Waals surface area contributed by atoms with Gasteiger partial charge in [0.05, 0.1) is 29.0 Å². The smallest absolute Gasteiger partial charge is 0.222 e. The van der Waals surface area contributed by atoms with Crippen LogP contribution < -0.4 is 5.73 Å². The number of hydrogen-bond donors (Lipinski definition) is 2. The highest BCUT2D eigenvalue weighted by molar-refractivity contribution is 5.81. The number of hydrogen-bond acceptors (Lipinski definition) is 7. The molecule has 1 aliphatic heterocycles. The molecule has 1 fully saturated rings. The molecule has 172 valence electrons. The van der Waals surface area contributed by atoms with E-state index in [1.165, 1.54) is 6.33 Å². The van der Waals surface area contributed by atoms with Gasteiger partial charge in [0.25, 0.3) is 0 Å². The predicted octanol–water partition coefficient (Wildman–Crippen LogP) is 1.84. The minimum Gasteiger partial charge on any atom is -0.388 e. The molecule has 3 aromatic heterocycles. The van der Waals surface area contributed by atoms with Crippen LogP contribution in [0.4, 0.5) is 5.82 Å². The number of nitrogen functional groups attached to an aromatic ring is 1. The number of nitrogens with two attached hydrogens (primary N) is 1. The third kappa shape index (κ3) is 3.80. The van der Waals surface area contributed by atoms with E-state index in [9.17, 15) is 9.90 Å². The van der Waals surface area contributed by atoms with Crippen LogP contribution in [-0.2, 0) is 18.3 Å². The van der Waals surface area contributed by atoms with Crippen molar-refractivity contribution in [1.29, 1.82) is 0 Å². The lowest BCUT2D eigenvalue weighted by Gasteiger charge is -2.43. The van der Waals surface area contributed by atoms with Crippen LogP contribution in [0.25, 0.3) is 22.2 Å². The lowest BCUT2D eigenvalue weighted by molar-refractivity contribution is -0.138. The molecule has 4 aromatic rings. The van der Waals surface area contributed by atoms with Gasteiger partial charge in [-0.2, -0.15) is 0 Å². The number of aromatic nitrogens is 6. The van der Waals surface area contributed by atoms with Crippen molar-refractivity contribution in [3.8, 4) is 0 Å². The van der Waals surface area contributed by atoms with Gasteiger partial charge < -0.3 is 24.9 Å². The molecule has 33 heavy (non-hydrogen) atoms. The van der Waals surface area contributed by atoms with Gasteiger partial charge in [0.15, 0.2) is 11.5 Å². The van der Waals surface area contributed by atoms with Gasteiger partial charge in [0.1, 0.15) is 17.7 Å². The van der Waals surface area contributed by atoms with E-state index in [0.717, 1.165) is 23.3 Å². The zero-order chi connectivity index (χ0) is 23.2. The van der Waals surface area contributed by atoms with Crippen LogP contribution in [0, 0.1) is 0 Å². The van der Waals surface area contributed by atoms with Gasteiger partial charge >= 0.3 is 0 Å². The SMILES string of the molecule is Cn1c(CCCC(=O)N2CC[C@@](C)(O)[C@H](n3cnc4c(N)ncnc43)C2)nc2ccccc21. The average molecular weight is 449 g/mol. The summed E-state index contributed by atoms with van der Waals surface area (Å²) in [6.07, 6.45) is 5.34. The summed E-state index contributed by atoms with van der Waals surface area (Å²) in [6.45, 7) is 2.69. The molecule has 5 rings (SSSR count). The standard InChI is InChI=1S/C23H28N8O2/c1-23(33)10-11-30(12-17(23)31-14-27-20-21(24)25-13-26-22(20)31)19(32)9-5-8-18-28-15-6-3-4-7-16(15)29(18)2/h3-4,6-7,13-14,17,33H,5,8-12H2,1-2H3,(H2,24,25,26)/t17-,23-/m1/s1. The van der Waals surface area contributed by atoms with Gasteiger partial charge in [0, 0.05) is 33.0 Å². The van der Waals surface area contributed by atoms with E-state index in [2.05, 4.69) is 25.6 Å². The minimum atomic E-state index is -1.00. The second-order valence-corrected chi connectivity index (χ2v) is 8.98. The molecule has 0 unspecified atom stereocenters. The molecule has 1 aliphatic rings. The Morgan fingerprint density at radius 2 is 2.09 bits per heavy atom. The number of aryl methyl sites for hydroxylation is 2. The molecule has 10 heteroatoms. The second kappa shape index (κ2) is 8.11. The van der Waals surface area contributed by atoms with Crippen molar-refractivity contribution in [3.63, 3.8) is 0 Å². The lowest BCUT2D eigenvalue weighted by Crippen LogP contribution is -2.52. The molecular weight excluding hydrogens is 420 g/mol. The molecule has 10 nitrogen and oxygen atoms in total. The van der Waals surface area contributed by atoms with Crippen LogP contribution in [0.1, 0.15) is 38.1 Å². The summed E-state index contributed by atoms with van der Waals surface area (Å²) in [7, 11) is 2.01. The Morgan fingerprint density at radius 1 is 1.27 bits per heavy atom. The van der Waals surface area contributed by atoms with E-state index < -0.39 is 5.60 Å². The van der Waals surface area contributed by atoms with E-state index in [4.69, 9.17) is 10.7 Å². The number of piperidine rings is 1. The zero-order valence-corrected chi connectivity index (χ0v) is 18.8. The van der Waals surface area contributed by atoms with Crippen molar-refractivity contribution < 1.29 is 9.90 Å². The number of fused-ring (bicyclic) bond motifs is 2. The number of nitrogens with zero attached hydrogens (tertiary/aromatic N) is 7. The first-order valence-corrected chi connectivity index (χ1v) is 11.2. The maximum Gasteiger partial charge on any atom is 0.222 e. The summed E-state index contributed by atoms with van der Waals surface area (Å²) >= 11 is 0.